The van der Waals surface area contributed by atoms with E-state index < -0.39 is 0 Å². The van der Waals surface area contributed by atoms with E-state index >= 15 is 0 Å². The SMILES string of the molecule is C=C(/C=C\C(=C)C(C)=NCC)NC(=O)c1cc(Cl)c(C(=O)Nc2ccc(C3=NCC(C(C)C)C(C)(C)N3)cc2)cc1C. The number of nitrogens with one attached hydrogen (secondary N) is 3. The minimum absolute atomic E-state index is 0.0719. The normalized spacial score (nSPS) is 16.5. The first-order valence-corrected chi connectivity index (χ1v) is 14.5. The summed E-state index contributed by atoms with van der Waals surface area (Å²) in [6.45, 7) is 23.7. The molecule has 222 valence electrons. The third-order valence-corrected chi connectivity index (χ3v) is 7.77. The molecule has 1 atom stereocenters. The number of carbonyl (C=O) groups is 2. The van der Waals surface area contributed by atoms with Crippen LogP contribution in [0.15, 0.2) is 83.0 Å². The maximum Gasteiger partial charge on any atom is 0.257 e. The van der Waals surface area contributed by atoms with Crippen LogP contribution in [0.1, 0.15) is 73.4 Å². The van der Waals surface area contributed by atoms with Crippen molar-refractivity contribution in [1.82, 2.24) is 10.6 Å². The highest BCUT2D eigenvalue weighted by Gasteiger charge is 2.35. The number of aryl methyl sites for hydroxylation is 1. The van der Waals surface area contributed by atoms with Crippen LogP contribution < -0.4 is 16.0 Å². The van der Waals surface area contributed by atoms with Gasteiger partial charge in [-0.3, -0.25) is 19.6 Å². The fourth-order valence-corrected chi connectivity index (χ4v) is 5.24. The van der Waals surface area contributed by atoms with E-state index in [0.29, 0.717) is 40.9 Å². The lowest BCUT2D eigenvalue weighted by Crippen LogP contribution is -2.55. The molecule has 0 aliphatic carbocycles. The summed E-state index contributed by atoms with van der Waals surface area (Å²) in [5.41, 5.74) is 4.68. The van der Waals surface area contributed by atoms with E-state index in [0.717, 1.165) is 29.2 Å². The molecule has 0 bridgehead atoms. The smallest absolute Gasteiger partial charge is 0.257 e. The Morgan fingerprint density at radius 2 is 1.81 bits per heavy atom. The van der Waals surface area contributed by atoms with Crippen molar-refractivity contribution in [2.45, 2.75) is 54.0 Å². The molecule has 0 aromatic heterocycles. The molecule has 0 saturated heterocycles. The minimum atomic E-state index is -0.377. The van der Waals surface area contributed by atoms with Gasteiger partial charge < -0.3 is 16.0 Å². The number of benzene rings is 2. The molecule has 1 unspecified atom stereocenters. The molecule has 0 spiro atoms. The molecule has 1 aliphatic rings. The van der Waals surface area contributed by atoms with Crippen LogP contribution in [0.25, 0.3) is 0 Å². The van der Waals surface area contributed by atoms with Gasteiger partial charge in [0.05, 0.1) is 10.6 Å². The van der Waals surface area contributed by atoms with Crippen LogP contribution in [-0.2, 0) is 0 Å². The fraction of sp³-hybridized carbons (Fsp3) is 0.353. The van der Waals surface area contributed by atoms with Crippen LogP contribution in [-0.4, -0.2) is 42.0 Å². The monoisotopic (exact) mass is 587 g/mol. The summed E-state index contributed by atoms with van der Waals surface area (Å²) in [5.74, 6) is 1.08. The Labute approximate surface area is 255 Å². The molecule has 1 heterocycles. The Hall–Kier alpha value is -3.97. The van der Waals surface area contributed by atoms with Crippen molar-refractivity contribution in [1.29, 1.82) is 0 Å². The van der Waals surface area contributed by atoms with Gasteiger partial charge in [-0.15, -0.1) is 0 Å². The van der Waals surface area contributed by atoms with Gasteiger partial charge in [0, 0.05) is 52.8 Å². The van der Waals surface area contributed by atoms with Crippen LogP contribution in [0.4, 0.5) is 5.69 Å². The van der Waals surface area contributed by atoms with Crippen molar-refractivity contribution in [3.05, 3.63) is 100 Å². The molecule has 8 heteroatoms. The molecule has 1 aliphatic heterocycles. The Morgan fingerprint density at radius 1 is 1.14 bits per heavy atom. The van der Waals surface area contributed by atoms with Gasteiger partial charge in [0.2, 0.25) is 0 Å². The first-order chi connectivity index (χ1) is 19.7. The van der Waals surface area contributed by atoms with E-state index in [2.05, 4.69) is 61.8 Å². The van der Waals surface area contributed by atoms with Gasteiger partial charge in [0.1, 0.15) is 5.84 Å². The lowest BCUT2D eigenvalue weighted by molar-refractivity contribution is 0.0964. The topological polar surface area (TPSA) is 95.0 Å². The first kappa shape index (κ1) is 32.5. The summed E-state index contributed by atoms with van der Waals surface area (Å²) in [6.07, 6.45) is 3.41. The molecule has 0 radical (unpaired) electrons. The summed E-state index contributed by atoms with van der Waals surface area (Å²) in [7, 11) is 0. The highest BCUT2D eigenvalue weighted by atomic mass is 35.5. The molecule has 0 saturated carbocycles. The minimum Gasteiger partial charge on any atom is -0.365 e. The predicted octanol–water partition coefficient (Wildman–Crippen LogP) is 7.14. The Morgan fingerprint density at radius 3 is 2.40 bits per heavy atom. The molecule has 42 heavy (non-hydrogen) atoms. The van der Waals surface area contributed by atoms with Crippen molar-refractivity contribution in [2.24, 2.45) is 21.8 Å². The molecule has 2 aromatic rings. The van der Waals surface area contributed by atoms with E-state index in [4.69, 9.17) is 16.6 Å². The number of nitrogens with zero attached hydrogens (tertiary/aromatic N) is 2. The number of halogens is 1. The van der Waals surface area contributed by atoms with Crippen molar-refractivity contribution in [2.75, 3.05) is 18.4 Å². The predicted molar refractivity (Wildman–Crippen MR) is 176 cm³/mol. The van der Waals surface area contributed by atoms with Gasteiger partial charge in [-0.05, 0) is 94.1 Å². The summed E-state index contributed by atoms with van der Waals surface area (Å²) in [6, 6.07) is 10.6. The molecule has 3 N–H and O–H groups in total. The quantitative estimate of drug-likeness (QED) is 0.204. The second-order valence-electron chi connectivity index (χ2n) is 11.5. The van der Waals surface area contributed by atoms with Crippen molar-refractivity contribution < 1.29 is 9.59 Å². The zero-order valence-corrected chi connectivity index (χ0v) is 26.4. The number of amidine groups is 1. The average molecular weight is 588 g/mol. The molecular formula is C34H42ClN5O2. The van der Waals surface area contributed by atoms with Crippen LogP contribution in [0.5, 0.6) is 0 Å². The molecule has 3 rings (SSSR count). The molecule has 2 amide bonds. The maximum atomic E-state index is 13.1. The maximum absolute atomic E-state index is 13.1. The third-order valence-electron chi connectivity index (χ3n) is 7.46. The van der Waals surface area contributed by atoms with Gasteiger partial charge in [0.25, 0.3) is 11.8 Å². The van der Waals surface area contributed by atoms with Crippen molar-refractivity contribution >= 4 is 40.6 Å². The lowest BCUT2D eigenvalue weighted by Gasteiger charge is -2.41. The number of carbonyl (C=O) groups excluding carboxylic acids is 2. The number of allylic oxidation sites excluding steroid dienone is 3. The van der Waals surface area contributed by atoms with Crippen LogP contribution in [0, 0.1) is 18.8 Å². The fourth-order valence-electron chi connectivity index (χ4n) is 4.99. The summed E-state index contributed by atoms with van der Waals surface area (Å²) in [5, 5.41) is 9.40. The molecule has 2 aromatic carbocycles. The third kappa shape index (κ3) is 8.07. The first-order valence-electron chi connectivity index (χ1n) is 14.2. The van der Waals surface area contributed by atoms with Gasteiger partial charge in [-0.25, -0.2) is 0 Å². The summed E-state index contributed by atoms with van der Waals surface area (Å²) in [4.78, 5) is 35.1. The summed E-state index contributed by atoms with van der Waals surface area (Å²) < 4.78 is 0. The number of hydrogen-bond acceptors (Lipinski definition) is 5. The van der Waals surface area contributed by atoms with Crippen LogP contribution in [0.3, 0.4) is 0 Å². The number of amides is 2. The number of aliphatic imine (C=N–C) groups is 2. The number of rotatable bonds is 10. The van der Waals surface area contributed by atoms with Crippen molar-refractivity contribution in [3.8, 4) is 0 Å². The largest absolute Gasteiger partial charge is 0.365 e. The average Bonchev–Trinajstić information content (AvgIpc) is 2.92. The zero-order valence-electron chi connectivity index (χ0n) is 25.7. The second kappa shape index (κ2) is 13.8. The standard InChI is InChI=1S/C34H42ClN5O2/c1-10-36-24(7)21(4)11-12-23(6)38-32(41)27-18-30(35)28(17-22(27)5)33(42)39-26-15-13-25(14-16-26)31-37-19-29(20(2)3)34(8,9)40-31/h11-18,20,29H,4,6,10,19H2,1-3,5,7-9H3,(H,37,40)(H,38,41)(H,39,42)/b12-11-,36-24?. The van der Waals surface area contributed by atoms with E-state index in [1.165, 1.54) is 6.07 Å². The van der Waals surface area contributed by atoms with Crippen LogP contribution >= 0.6 is 11.6 Å². The Kier molecular flexibility index (Phi) is 10.7. The van der Waals surface area contributed by atoms with Crippen LogP contribution in [0.2, 0.25) is 5.02 Å². The molecular weight excluding hydrogens is 546 g/mol. The Balaban J connectivity index is 1.67. The van der Waals surface area contributed by atoms with Crippen molar-refractivity contribution in [3.63, 3.8) is 0 Å². The highest BCUT2D eigenvalue weighted by Crippen LogP contribution is 2.29. The van der Waals surface area contributed by atoms with E-state index in [1.807, 2.05) is 38.1 Å². The highest BCUT2D eigenvalue weighted by molar-refractivity contribution is 6.35. The van der Waals surface area contributed by atoms with E-state index in [-0.39, 0.29) is 27.9 Å². The molecule has 7 nitrogen and oxygen atoms in total. The van der Waals surface area contributed by atoms with Gasteiger partial charge in [-0.1, -0.05) is 44.7 Å². The number of hydrogen-bond donors (Lipinski definition) is 3. The van der Waals surface area contributed by atoms with E-state index in [1.54, 1.807) is 25.1 Å². The molecule has 0 fully saturated rings. The van der Waals surface area contributed by atoms with Gasteiger partial charge >= 0.3 is 0 Å². The second-order valence-corrected chi connectivity index (χ2v) is 11.9. The Bertz CT molecular complexity index is 1470. The zero-order chi connectivity index (χ0) is 31.2. The van der Waals surface area contributed by atoms with Gasteiger partial charge in [0.15, 0.2) is 0 Å². The van der Waals surface area contributed by atoms with Gasteiger partial charge in [-0.2, -0.15) is 0 Å². The summed E-state index contributed by atoms with van der Waals surface area (Å²) >= 11 is 6.47. The lowest BCUT2D eigenvalue weighted by atomic mass is 9.78. The number of anilines is 1. The van der Waals surface area contributed by atoms with E-state index in [9.17, 15) is 9.59 Å².